The molecule has 0 amide bonds. The van der Waals surface area contributed by atoms with Crippen molar-refractivity contribution >= 4 is 21.9 Å². The summed E-state index contributed by atoms with van der Waals surface area (Å²) in [5, 5.41) is 9.81. The summed E-state index contributed by atoms with van der Waals surface area (Å²) in [6, 6.07) is 7.41. The van der Waals surface area contributed by atoms with E-state index in [4.69, 9.17) is 0 Å². The number of aliphatic hydroxyl groups is 1. The van der Waals surface area contributed by atoms with E-state index in [0.717, 1.165) is 10.0 Å². The molecule has 1 aromatic carbocycles. The van der Waals surface area contributed by atoms with Crippen LogP contribution in [0.5, 0.6) is 0 Å². The Morgan fingerprint density at radius 2 is 2.20 bits per heavy atom. The van der Waals surface area contributed by atoms with Crippen LogP contribution in [0.15, 0.2) is 28.7 Å². The molecule has 1 atom stereocenters. The van der Waals surface area contributed by atoms with Crippen LogP contribution in [0, 0.1) is 0 Å². The van der Waals surface area contributed by atoms with Crippen molar-refractivity contribution in [3.05, 3.63) is 34.3 Å². The number of rotatable bonds is 4. The van der Waals surface area contributed by atoms with Gasteiger partial charge < -0.3 is 9.84 Å². The standard InChI is InChI=1S/C11H13BrO3/c1-15-11(14)7-6-10(13)8-4-2-3-5-9(8)12/h2-5,10,13H,6-7H2,1H3. The lowest BCUT2D eigenvalue weighted by Gasteiger charge is -2.11. The fraction of sp³-hybridized carbons (Fsp3) is 0.364. The minimum atomic E-state index is -0.639. The van der Waals surface area contributed by atoms with Gasteiger partial charge in [0.15, 0.2) is 0 Å². The third kappa shape index (κ3) is 3.64. The number of hydrogen-bond donors (Lipinski definition) is 1. The van der Waals surface area contributed by atoms with Gasteiger partial charge in [-0.15, -0.1) is 0 Å². The molecule has 0 fully saturated rings. The van der Waals surface area contributed by atoms with Crippen molar-refractivity contribution in [2.45, 2.75) is 18.9 Å². The Hall–Kier alpha value is -0.870. The summed E-state index contributed by atoms with van der Waals surface area (Å²) in [6.45, 7) is 0. The number of aliphatic hydroxyl groups excluding tert-OH is 1. The van der Waals surface area contributed by atoms with Gasteiger partial charge in [-0.2, -0.15) is 0 Å². The highest BCUT2D eigenvalue weighted by Gasteiger charge is 2.12. The molecule has 4 heteroatoms. The summed E-state index contributed by atoms with van der Waals surface area (Å²) in [7, 11) is 1.34. The molecule has 1 unspecified atom stereocenters. The third-order valence-corrected chi connectivity index (χ3v) is 2.84. The Labute approximate surface area is 97.2 Å². The summed E-state index contributed by atoms with van der Waals surface area (Å²) in [6.07, 6.45) is -0.0476. The number of benzene rings is 1. The van der Waals surface area contributed by atoms with Crippen molar-refractivity contribution in [2.75, 3.05) is 7.11 Å². The molecule has 0 saturated heterocycles. The second kappa shape index (κ2) is 5.88. The second-order valence-electron chi connectivity index (χ2n) is 3.15. The molecule has 0 bridgehead atoms. The highest BCUT2D eigenvalue weighted by molar-refractivity contribution is 9.10. The Morgan fingerprint density at radius 3 is 2.80 bits per heavy atom. The van der Waals surface area contributed by atoms with E-state index >= 15 is 0 Å². The summed E-state index contributed by atoms with van der Waals surface area (Å²) in [4.78, 5) is 10.9. The fourth-order valence-electron chi connectivity index (χ4n) is 1.26. The van der Waals surface area contributed by atoms with Crippen LogP contribution < -0.4 is 0 Å². The molecular weight excluding hydrogens is 260 g/mol. The largest absolute Gasteiger partial charge is 0.469 e. The first kappa shape index (κ1) is 12.2. The Bertz CT molecular complexity index is 338. The van der Waals surface area contributed by atoms with Gasteiger partial charge in [-0.05, 0) is 18.1 Å². The summed E-state index contributed by atoms with van der Waals surface area (Å²) >= 11 is 3.34. The summed E-state index contributed by atoms with van der Waals surface area (Å²) < 4.78 is 5.35. The summed E-state index contributed by atoms with van der Waals surface area (Å²) in [5.74, 6) is -0.305. The van der Waals surface area contributed by atoms with Gasteiger partial charge in [-0.25, -0.2) is 0 Å². The van der Waals surface area contributed by atoms with E-state index in [1.807, 2.05) is 24.3 Å². The molecule has 0 radical (unpaired) electrons. The predicted octanol–water partition coefficient (Wildman–Crippen LogP) is 2.44. The SMILES string of the molecule is COC(=O)CCC(O)c1ccccc1Br. The van der Waals surface area contributed by atoms with E-state index in [1.54, 1.807) is 0 Å². The van der Waals surface area contributed by atoms with Gasteiger partial charge in [0.25, 0.3) is 0 Å². The van der Waals surface area contributed by atoms with Crippen LogP contribution >= 0.6 is 15.9 Å². The zero-order valence-electron chi connectivity index (χ0n) is 8.44. The average molecular weight is 273 g/mol. The lowest BCUT2D eigenvalue weighted by atomic mass is 10.1. The van der Waals surface area contributed by atoms with Gasteiger partial charge in [-0.1, -0.05) is 34.1 Å². The number of carbonyl (C=O) groups is 1. The van der Waals surface area contributed by atoms with Crippen LogP contribution in [-0.4, -0.2) is 18.2 Å². The van der Waals surface area contributed by atoms with Crippen LogP contribution in [0.4, 0.5) is 0 Å². The summed E-state index contributed by atoms with van der Waals surface area (Å²) in [5.41, 5.74) is 0.793. The van der Waals surface area contributed by atoms with Crippen LogP contribution in [0.25, 0.3) is 0 Å². The number of ether oxygens (including phenoxy) is 1. The highest BCUT2D eigenvalue weighted by Crippen LogP contribution is 2.26. The molecule has 15 heavy (non-hydrogen) atoms. The highest BCUT2D eigenvalue weighted by atomic mass is 79.9. The van der Waals surface area contributed by atoms with Gasteiger partial charge in [0.05, 0.1) is 13.2 Å². The first-order valence-electron chi connectivity index (χ1n) is 4.64. The molecule has 0 aromatic heterocycles. The molecule has 0 aliphatic rings. The minimum absolute atomic E-state index is 0.221. The van der Waals surface area contributed by atoms with Crippen LogP contribution in [-0.2, 0) is 9.53 Å². The lowest BCUT2D eigenvalue weighted by Crippen LogP contribution is -2.05. The van der Waals surface area contributed by atoms with E-state index in [0.29, 0.717) is 6.42 Å². The van der Waals surface area contributed by atoms with E-state index in [9.17, 15) is 9.90 Å². The molecule has 82 valence electrons. The topological polar surface area (TPSA) is 46.5 Å². The lowest BCUT2D eigenvalue weighted by molar-refractivity contribution is -0.141. The Kier molecular flexibility index (Phi) is 4.78. The average Bonchev–Trinajstić information content (AvgIpc) is 2.26. The van der Waals surface area contributed by atoms with Gasteiger partial charge in [0.2, 0.25) is 0 Å². The maximum Gasteiger partial charge on any atom is 0.305 e. The van der Waals surface area contributed by atoms with Gasteiger partial charge >= 0.3 is 5.97 Å². The van der Waals surface area contributed by atoms with E-state index in [-0.39, 0.29) is 12.4 Å². The van der Waals surface area contributed by atoms with Crippen molar-refractivity contribution in [3.63, 3.8) is 0 Å². The smallest absolute Gasteiger partial charge is 0.305 e. The van der Waals surface area contributed by atoms with Crippen LogP contribution in [0.1, 0.15) is 24.5 Å². The van der Waals surface area contributed by atoms with Crippen molar-refractivity contribution in [3.8, 4) is 0 Å². The molecule has 1 aromatic rings. The molecule has 3 nitrogen and oxygen atoms in total. The van der Waals surface area contributed by atoms with Gasteiger partial charge in [-0.3, -0.25) is 4.79 Å². The minimum Gasteiger partial charge on any atom is -0.469 e. The quantitative estimate of drug-likeness (QED) is 0.857. The maximum atomic E-state index is 10.9. The first-order valence-corrected chi connectivity index (χ1v) is 5.43. The molecule has 0 aliphatic carbocycles. The van der Waals surface area contributed by atoms with Crippen LogP contribution in [0.3, 0.4) is 0 Å². The second-order valence-corrected chi connectivity index (χ2v) is 4.01. The van der Waals surface area contributed by atoms with Gasteiger partial charge in [0, 0.05) is 10.9 Å². The van der Waals surface area contributed by atoms with E-state index in [1.165, 1.54) is 7.11 Å². The van der Waals surface area contributed by atoms with Crippen molar-refractivity contribution in [2.24, 2.45) is 0 Å². The number of methoxy groups -OCH3 is 1. The van der Waals surface area contributed by atoms with Gasteiger partial charge in [0.1, 0.15) is 0 Å². The van der Waals surface area contributed by atoms with Crippen molar-refractivity contribution in [1.82, 2.24) is 0 Å². The molecular formula is C11H13BrO3. The molecule has 1 rings (SSSR count). The van der Waals surface area contributed by atoms with Crippen LogP contribution in [0.2, 0.25) is 0 Å². The van der Waals surface area contributed by atoms with Crippen molar-refractivity contribution < 1.29 is 14.6 Å². The number of hydrogen-bond acceptors (Lipinski definition) is 3. The van der Waals surface area contributed by atoms with E-state index < -0.39 is 6.10 Å². The van der Waals surface area contributed by atoms with Crippen molar-refractivity contribution in [1.29, 1.82) is 0 Å². The molecule has 0 aliphatic heterocycles. The maximum absolute atomic E-state index is 10.9. The fourth-order valence-corrected chi connectivity index (χ4v) is 1.81. The Balaban J connectivity index is 2.57. The number of halogens is 1. The normalized spacial score (nSPS) is 12.2. The zero-order valence-corrected chi connectivity index (χ0v) is 10.0. The Morgan fingerprint density at radius 1 is 1.53 bits per heavy atom. The van der Waals surface area contributed by atoms with E-state index in [2.05, 4.69) is 20.7 Å². The predicted molar refractivity (Wildman–Crippen MR) is 60.4 cm³/mol. The molecule has 1 N–H and O–H groups in total. The molecule has 0 saturated carbocycles. The molecule has 0 spiro atoms. The first-order chi connectivity index (χ1) is 7.15. The monoisotopic (exact) mass is 272 g/mol. The number of esters is 1. The molecule has 0 heterocycles. The third-order valence-electron chi connectivity index (χ3n) is 2.11. The zero-order chi connectivity index (χ0) is 11.3. The number of carbonyl (C=O) groups excluding carboxylic acids is 1.